The maximum atomic E-state index is 13.3. The van der Waals surface area contributed by atoms with Crippen LogP contribution < -0.4 is 15.1 Å². The van der Waals surface area contributed by atoms with Crippen LogP contribution in [0.5, 0.6) is 11.5 Å². The Morgan fingerprint density at radius 3 is 2.45 bits per heavy atom. The molecule has 0 atom stereocenters. The van der Waals surface area contributed by atoms with Crippen molar-refractivity contribution in [1.82, 2.24) is 10.3 Å². The largest absolute Gasteiger partial charge is 0.506 e. The highest BCUT2D eigenvalue weighted by atomic mass is 35.5. The number of ether oxygens (including phenoxy) is 1. The topological polar surface area (TPSA) is 94.5 Å². The fourth-order valence-corrected chi connectivity index (χ4v) is 5.07. The number of methoxy groups -OCH3 is 1. The van der Waals surface area contributed by atoms with Gasteiger partial charge in [0.1, 0.15) is 11.5 Å². The number of carbonyl (C=O) groups is 2. The molecule has 1 fully saturated rings. The fourth-order valence-electron chi connectivity index (χ4n) is 4.89. The molecule has 1 saturated heterocycles. The zero-order valence-electron chi connectivity index (χ0n) is 22.0. The molecule has 1 heterocycles. The van der Waals surface area contributed by atoms with E-state index in [4.69, 9.17) is 16.3 Å². The molecule has 40 heavy (non-hydrogen) atoms. The van der Waals surface area contributed by atoms with Crippen molar-refractivity contribution in [3.63, 3.8) is 0 Å². The van der Waals surface area contributed by atoms with Gasteiger partial charge in [0.25, 0.3) is 5.91 Å². The summed E-state index contributed by atoms with van der Waals surface area (Å²) in [4.78, 5) is 29.8. The third kappa shape index (κ3) is 5.87. The van der Waals surface area contributed by atoms with Crippen LogP contribution >= 0.6 is 11.6 Å². The van der Waals surface area contributed by atoms with Crippen LogP contribution in [0.1, 0.15) is 21.5 Å². The third-order valence-corrected chi connectivity index (χ3v) is 7.33. The van der Waals surface area contributed by atoms with E-state index in [-0.39, 0.29) is 22.2 Å². The summed E-state index contributed by atoms with van der Waals surface area (Å²) in [7, 11) is 1.67. The quantitative estimate of drug-likeness (QED) is 0.250. The molecule has 4 aromatic carbocycles. The Kier molecular flexibility index (Phi) is 8.17. The van der Waals surface area contributed by atoms with E-state index in [1.165, 1.54) is 18.2 Å². The van der Waals surface area contributed by atoms with Crippen LogP contribution in [-0.2, 0) is 11.2 Å². The van der Waals surface area contributed by atoms with Gasteiger partial charge in [-0.15, -0.1) is 0 Å². The van der Waals surface area contributed by atoms with E-state index in [0.29, 0.717) is 19.5 Å². The number of hydrogen-bond acceptors (Lipinski definition) is 6. The standard InChI is InChI=1S/C31H29ClN4O4/c1-40-29-9-5-4-8-27(29)35-14-16-36(17-15-35)30(38)19-21-10-11-23(25-7-3-2-6-24(21)25)20-33-34-31(39)22-12-13-28(37)26(32)18-22/h2-13,18,20,37H,14-17,19H2,1H3,(H,34,39)/b33-20+. The number of carbonyl (C=O) groups excluding carboxylic acids is 2. The van der Waals surface area contributed by atoms with E-state index in [9.17, 15) is 14.7 Å². The van der Waals surface area contributed by atoms with E-state index in [1.807, 2.05) is 65.6 Å². The van der Waals surface area contributed by atoms with Crippen LogP contribution in [0.15, 0.2) is 84.0 Å². The number of nitrogens with zero attached hydrogens (tertiary/aromatic N) is 3. The van der Waals surface area contributed by atoms with Crippen molar-refractivity contribution in [3.8, 4) is 11.5 Å². The maximum absolute atomic E-state index is 13.3. The summed E-state index contributed by atoms with van der Waals surface area (Å²) < 4.78 is 5.50. The molecule has 5 rings (SSSR count). The number of phenolic OH excluding ortho intramolecular Hbond substituents is 1. The van der Waals surface area contributed by atoms with E-state index < -0.39 is 5.91 Å². The van der Waals surface area contributed by atoms with Crippen molar-refractivity contribution < 1.29 is 19.4 Å². The molecule has 0 radical (unpaired) electrons. The molecule has 1 aliphatic heterocycles. The molecule has 8 nitrogen and oxygen atoms in total. The smallest absolute Gasteiger partial charge is 0.271 e. The number of amides is 2. The molecule has 0 aromatic heterocycles. The zero-order valence-corrected chi connectivity index (χ0v) is 22.8. The number of para-hydroxylation sites is 2. The average molecular weight is 557 g/mol. The molecule has 0 bridgehead atoms. The first-order valence-electron chi connectivity index (χ1n) is 12.9. The van der Waals surface area contributed by atoms with Gasteiger partial charge in [0.2, 0.25) is 5.91 Å². The lowest BCUT2D eigenvalue weighted by Gasteiger charge is -2.36. The van der Waals surface area contributed by atoms with Crippen LogP contribution in [0.4, 0.5) is 5.69 Å². The number of rotatable bonds is 7. The van der Waals surface area contributed by atoms with Gasteiger partial charge in [-0.05, 0) is 46.7 Å². The van der Waals surface area contributed by atoms with E-state index in [0.717, 1.165) is 46.4 Å². The third-order valence-electron chi connectivity index (χ3n) is 7.03. The first kappa shape index (κ1) is 27.0. The fraction of sp³-hybridized carbons (Fsp3) is 0.194. The van der Waals surface area contributed by atoms with Crippen molar-refractivity contribution in [2.75, 3.05) is 38.2 Å². The number of fused-ring (bicyclic) bond motifs is 1. The average Bonchev–Trinajstić information content (AvgIpc) is 2.99. The summed E-state index contributed by atoms with van der Waals surface area (Å²) in [6.45, 7) is 2.77. The highest BCUT2D eigenvalue weighted by molar-refractivity contribution is 6.32. The van der Waals surface area contributed by atoms with Gasteiger partial charge in [0.15, 0.2) is 0 Å². The van der Waals surface area contributed by atoms with Crippen LogP contribution in [0.3, 0.4) is 0 Å². The van der Waals surface area contributed by atoms with Crippen molar-refractivity contribution in [2.45, 2.75) is 6.42 Å². The summed E-state index contributed by atoms with van der Waals surface area (Å²) in [5.74, 6) is 0.380. The maximum Gasteiger partial charge on any atom is 0.271 e. The van der Waals surface area contributed by atoms with Gasteiger partial charge in [0, 0.05) is 37.3 Å². The van der Waals surface area contributed by atoms with Gasteiger partial charge < -0.3 is 19.6 Å². The van der Waals surface area contributed by atoms with Crippen LogP contribution in [-0.4, -0.2) is 61.3 Å². The van der Waals surface area contributed by atoms with Gasteiger partial charge in [-0.25, -0.2) is 5.43 Å². The number of benzene rings is 4. The highest BCUT2D eigenvalue weighted by Gasteiger charge is 2.23. The second-order valence-electron chi connectivity index (χ2n) is 9.44. The number of nitrogens with one attached hydrogen (secondary N) is 1. The SMILES string of the molecule is COc1ccccc1N1CCN(C(=O)Cc2ccc(/C=N/NC(=O)c3ccc(O)c(Cl)c3)c3ccccc23)CC1. The Morgan fingerprint density at radius 2 is 1.70 bits per heavy atom. The lowest BCUT2D eigenvalue weighted by molar-refractivity contribution is -0.130. The molecule has 2 amide bonds. The summed E-state index contributed by atoms with van der Waals surface area (Å²) in [6.07, 6.45) is 1.87. The molecule has 0 saturated carbocycles. The first-order chi connectivity index (χ1) is 19.4. The normalized spacial score (nSPS) is 13.6. The lowest BCUT2D eigenvalue weighted by atomic mass is 9.97. The van der Waals surface area contributed by atoms with E-state index in [1.54, 1.807) is 13.3 Å². The lowest BCUT2D eigenvalue weighted by Crippen LogP contribution is -2.49. The minimum absolute atomic E-state index is 0.0889. The molecule has 0 spiro atoms. The first-order valence-corrected chi connectivity index (χ1v) is 13.3. The van der Waals surface area contributed by atoms with Gasteiger partial charge in [-0.2, -0.15) is 5.10 Å². The molecule has 0 aliphatic carbocycles. The number of hydrazone groups is 1. The summed E-state index contributed by atoms with van der Waals surface area (Å²) in [6, 6.07) is 23.8. The number of aromatic hydroxyl groups is 1. The minimum Gasteiger partial charge on any atom is -0.506 e. The summed E-state index contributed by atoms with van der Waals surface area (Å²) in [5.41, 5.74) is 5.56. The molecular weight excluding hydrogens is 528 g/mol. The number of halogens is 1. The van der Waals surface area contributed by atoms with E-state index >= 15 is 0 Å². The summed E-state index contributed by atoms with van der Waals surface area (Å²) >= 11 is 5.89. The molecule has 2 N–H and O–H groups in total. The van der Waals surface area contributed by atoms with Crippen LogP contribution in [0, 0.1) is 0 Å². The second-order valence-corrected chi connectivity index (χ2v) is 9.85. The predicted octanol–water partition coefficient (Wildman–Crippen LogP) is 4.86. The van der Waals surface area contributed by atoms with Crippen molar-refractivity contribution in [3.05, 3.63) is 101 Å². The Balaban J connectivity index is 1.25. The molecule has 0 unspecified atom stereocenters. The van der Waals surface area contributed by atoms with Gasteiger partial charge in [-0.3, -0.25) is 9.59 Å². The zero-order chi connectivity index (χ0) is 28.1. The predicted molar refractivity (Wildman–Crippen MR) is 158 cm³/mol. The van der Waals surface area contributed by atoms with Crippen LogP contribution in [0.2, 0.25) is 5.02 Å². The van der Waals surface area contributed by atoms with E-state index in [2.05, 4.69) is 15.4 Å². The monoisotopic (exact) mass is 556 g/mol. The number of hydrogen-bond donors (Lipinski definition) is 2. The molecule has 4 aromatic rings. The Labute approximate surface area is 237 Å². The Morgan fingerprint density at radius 1 is 0.975 bits per heavy atom. The van der Waals surface area contributed by atoms with Gasteiger partial charge in [0.05, 0.1) is 30.5 Å². The molecule has 1 aliphatic rings. The molecule has 204 valence electrons. The van der Waals surface area contributed by atoms with Crippen molar-refractivity contribution in [2.24, 2.45) is 5.10 Å². The number of piperazine rings is 1. The molecular formula is C31H29ClN4O4. The number of phenols is 1. The van der Waals surface area contributed by atoms with Crippen molar-refractivity contribution >= 4 is 46.1 Å². The summed E-state index contributed by atoms with van der Waals surface area (Å²) in [5, 5.41) is 15.6. The number of anilines is 1. The second kappa shape index (κ2) is 12.1. The van der Waals surface area contributed by atoms with Crippen LogP contribution in [0.25, 0.3) is 10.8 Å². The highest BCUT2D eigenvalue weighted by Crippen LogP contribution is 2.29. The molecule has 9 heteroatoms. The minimum atomic E-state index is -0.449. The Bertz CT molecular complexity index is 1580. The van der Waals surface area contributed by atoms with Gasteiger partial charge in [-0.1, -0.05) is 60.1 Å². The van der Waals surface area contributed by atoms with Crippen molar-refractivity contribution in [1.29, 1.82) is 0 Å². The Hall–Kier alpha value is -4.56. The van der Waals surface area contributed by atoms with Gasteiger partial charge >= 0.3 is 0 Å².